The summed E-state index contributed by atoms with van der Waals surface area (Å²) in [6.07, 6.45) is 0. The van der Waals surface area contributed by atoms with E-state index in [1.807, 2.05) is 19.2 Å². The molecule has 0 amide bonds. The van der Waals surface area contributed by atoms with Gasteiger partial charge in [-0.05, 0) is 31.7 Å². The van der Waals surface area contributed by atoms with Crippen molar-refractivity contribution in [3.63, 3.8) is 0 Å². The molecule has 0 unspecified atom stereocenters. The van der Waals surface area contributed by atoms with Gasteiger partial charge in [-0.15, -0.1) is 0 Å². The van der Waals surface area contributed by atoms with E-state index in [1.54, 1.807) is 0 Å². The molecule has 0 saturated carbocycles. The maximum Gasteiger partial charge on any atom is 0.161 e. The molecule has 1 N–H and O–H groups in total. The number of nitrogens with one attached hydrogen (secondary N) is 1. The van der Waals surface area contributed by atoms with Crippen LogP contribution < -0.4 is 14.8 Å². The Bertz CT molecular complexity index is 325. The van der Waals surface area contributed by atoms with E-state index in [2.05, 4.69) is 18.3 Å². The molecule has 0 saturated heterocycles. The van der Waals surface area contributed by atoms with Crippen molar-refractivity contribution in [1.29, 1.82) is 0 Å². The summed E-state index contributed by atoms with van der Waals surface area (Å²) in [4.78, 5) is 0. The second-order valence-electron chi connectivity index (χ2n) is 3.41. The maximum atomic E-state index is 5.51. The third-order valence-electron chi connectivity index (χ3n) is 2.50. The van der Waals surface area contributed by atoms with E-state index in [9.17, 15) is 0 Å². The Hall–Kier alpha value is -1.22. The lowest BCUT2D eigenvalue weighted by Crippen LogP contribution is -2.17. The van der Waals surface area contributed by atoms with Gasteiger partial charge in [0.05, 0.1) is 0 Å². The fourth-order valence-electron chi connectivity index (χ4n) is 1.50. The summed E-state index contributed by atoms with van der Waals surface area (Å²) >= 11 is 0. The van der Waals surface area contributed by atoms with Crippen molar-refractivity contribution in [1.82, 2.24) is 5.32 Å². The smallest absolute Gasteiger partial charge is 0.161 e. The Morgan fingerprint density at radius 2 is 1.93 bits per heavy atom. The number of hydrogen-bond acceptors (Lipinski definition) is 3. The van der Waals surface area contributed by atoms with E-state index in [0.29, 0.717) is 19.3 Å². The van der Waals surface area contributed by atoms with Crippen LogP contribution in [0.4, 0.5) is 0 Å². The molecule has 0 spiro atoms. The molecule has 1 heterocycles. The predicted molar refractivity (Wildman–Crippen MR) is 54.9 cm³/mol. The first-order chi connectivity index (χ1) is 6.81. The second kappa shape index (κ2) is 3.88. The Morgan fingerprint density at radius 1 is 1.21 bits per heavy atom. The summed E-state index contributed by atoms with van der Waals surface area (Å²) in [5, 5.41) is 3.19. The number of rotatable bonds is 2. The first-order valence-corrected chi connectivity index (χ1v) is 4.88. The first kappa shape index (κ1) is 9.34. The van der Waals surface area contributed by atoms with Crippen LogP contribution in [0.5, 0.6) is 11.5 Å². The highest BCUT2D eigenvalue weighted by molar-refractivity contribution is 5.44. The topological polar surface area (TPSA) is 30.5 Å². The number of fused-ring (bicyclic) bond motifs is 1. The highest BCUT2D eigenvalue weighted by Crippen LogP contribution is 2.32. The Balaban J connectivity index is 2.29. The van der Waals surface area contributed by atoms with Gasteiger partial charge in [0, 0.05) is 6.04 Å². The van der Waals surface area contributed by atoms with Gasteiger partial charge in [0.25, 0.3) is 0 Å². The van der Waals surface area contributed by atoms with Crippen molar-refractivity contribution in [3.05, 3.63) is 23.8 Å². The highest BCUT2D eigenvalue weighted by Gasteiger charge is 2.13. The summed E-state index contributed by atoms with van der Waals surface area (Å²) in [7, 11) is 1.95. The molecule has 1 aromatic carbocycles. The number of ether oxygens (including phenoxy) is 2. The minimum atomic E-state index is 0.339. The molecule has 1 atom stereocenters. The van der Waals surface area contributed by atoms with Gasteiger partial charge in [0.2, 0.25) is 0 Å². The number of hydrogen-bond donors (Lipinski definition) is 1. The van der Waals surface area contributed by atoms with Crippen molar-refractivity contribution >= 4 is 0 Å². The fraction of sp³-hybridized carbons (Fsp3) is 0.455. The van der Waals surface area contributed by atoms with Gasteiger partial charge in [-0.2, -0.15) is 0 Å². The molecule has 0 aromatic heterocycles. The first-order valence-electron chi connectivity index (χ1n) is 4.88. The van der Waals surface area contributed by atoms with Crippen molar-refractivity contribution in [2.24, 2.45) is 0 Å². The van der Waals surface area contributed by atoms with Crippen LogP contribution in [0.1, 0.15) is 18.5 Å². The molecular formula is C11H15NO2. The second-order valence-corrected chi connectivity index (χ2v) is 3.41. The molecule has 3 heteroatoms. The largest absolute Gasteiger partial charge is 0.486 e. The molecule has 1 aliphatic rings. The van der Waals surface area contributed by atoms with E-state index in [1.165, 1.54) is 5.56 Å². The molecular weight excluding hydrogens is 178 g/mol. The van der Waals surface area contributed by atoms with Gasteiger partial charge in [-0.1, -0.05) is 6.07 Å². The molecule has 76 valence electrons. The molecule has 0 fully saturated rings. The van der Waals surface area contributed by atoms with E-state index >= 15 is 0 Å². The molecule has 0 aliphatic carbocycles. The fourth-order valence-corrected chi connectivity index (χ4v) is 1.50. The minimum Gasteiger partial charge on any atom is -0.486 e. The molecule has 0 bridgehead atoms. The summed E-state index contributed by atoms with van der Waals surface area (Å²) in [5.74, 6) is 1.71. The SMILES string of the molecule is CN[C@@H](C)c1ccc2c(c1)OCCO2. The van der Waals surface area contributed by atoms with Gasteiger partial charge < -0.3 is 14.8 Å². The zero-order chi connectivity index (χ0) is 9.97. The molecule has 14 heavy (non-hydrogen) atoms. The zero-order valence-electron chi connectivity index (χ0n) is 8.54. The van der Waals surface area contributed by atoms with Crippen LogP contribution in [0.3, 0.4) is 0 Å². The predicted octanol–water partition coefficient (Wildman–Crippen LogP) is 1.74. The van der Waals surface area contributed by atoms with Crippen molar-refractivity contribution in [2.45, 2.75) is 13.0 Å². The van der Waals surface area contributed by atoms with Crippen LogP contribution in [-0.4, -0.2) is 20.3 Å². The lowest BCUT2D eigenvalue weighted by Gasteiger charge is -2.20. The maximum absolute atomic E-state index is 5.51. The monoisotopic (exact) mass is 193 g/mol. The van der Waals surface area contributed by atoms with Gasteiger partial charge in [0.1, 0.15) is 13.2 Å². The minimum absolute atomic E-state index is 0.339. The average Bonchev–Trinajstić information content (AvgIpc) is 2.27. The van der Waals surface area contributed by atoms with E-state index in [4.69, 9.17) is 9.47 Å². The van der Waals surface area contributed by atoms with Crippen LogP contribution in [0, 0.1) is 0 Å². The normalized spacial score (nSPS) is 16.4. The van der Waals surface area contributed by atoms with Crippen LogP contribution in [0.2, 0.25) is 0 Å². The van der Waals surface area contributed by atoms with Gasteiger partial charge in [0.15, 0.2) is 11.5 Å². The average molecular weight is 193 g/mol. The Kier molecular flexibility index (Phi) is 2.59. The summed E-state index contributed by atoms with van der Waals surface area (Å²) in [5.41, 5.74) is 1.22. The molecule has 1 aliphatic heterocycles. The lowest BCUT2D eigenvalue weighted by atomic mass is 10.1. The van der Waals surface area contributed by atoms with Crippen LogP contribution in [0.15, 0.2) is 18.2 Å². The summed E-state index contributed by atoms with van der Waals surface area (Å²) < 4.78 is 11.0. The van der Waals surface area contributed by atoms with E-state index in [-0.39, 0.29) is 0 Å². The molecule has 2 rings (SSSR count). The Labute approximate surface area is 84.0 Å². The quantitative estimate of drug-likeness (QED) is 0.776. The van der Waals surface area contributed by atoms with Crippen LogP contribution in [0.25, 0.3) is 0 Å². The molecule has 3 nitrogen and oxygen atoms in total. The third kappa shape index (κ3) is 1.68. The lowest BCUT2D eigenvalue weighted by molar-refractivity contribution is 0.171. The van der Waals surface area contributed by atoms with Gasteiger partial charge >= 0.3 is 0 Å². The summed E-state index contributed by atoms with van der Waals surface area (Å²) in [6, 6.07) is 6.41. The van der Waals surface area contributed by atoms with E-state index in [0.717, 1.165) is 11.5 Å². The number of benzene rings is 1. The molecule has 0 radical (unpaired) electrons. The van der Waals surface area contributed by atoms with E-state index < -0.39 is 0 Å². The highest BCUT2D eigenvalue weighted by atomic mass is 16.6. The van der Waals surface area contributed by atoms with Gasteiger partial charge in [-0.3, -0.25) is 0 Å². The summed E-state index contributed by atoms with van der Waals surface area (Å²) in [6.45, 7) is 3.41. The van der Waals surface area contributed by atoms with Gasteiger partial charge in [-0.25, -0.2) is 0 Å². The van der Waals surface area contributed by atoms with Crippen molar-refractivity contribution in [3.8, 4) is 11.5 Å². The molecule has 1 aromatic rings. The van der Waals surface area contributed by atoms with Crippen molar-refractivity contribution < 1.29 is 9.47 Å². The Morgan fingerprint density at radius 3 is 2.64 bits per heavy atom. The van der Waals surface area contributed by atoms with Crippen LogP contribution >= 0.6 is 0 Å². The van der Waals surface area contributed by atoms with Crippen molar-refractivity contribution in [2.75, 3.05) is 20.3 Å². The third-order valence-corrected chi connectivity index (χ3v) is 2.50. The zero-order valence-corrected chi connectivity index (χ0v) is 8.54. The van der Waals surface area contributed by atoms with Crippen LogP contribution in [-0.2, 0) is 0 Å². The standard InChI is InChI=1S/C11H15NO2/c1-8(12-2)9-3-4-10-11(7-9)14-6-5-13-10/h3-4,7-8,12H,5-6H2,1-2H3/t8-/m0/s1.